The van der Waals surface area contributed by atoms with Gasteiger partial charge >= 0.3 is 0 Å². The molecular formula is C14H25N. The van der Waals surface area contributed by atoms with E-state index in [-0.39, 0.29) is 0 Å². The zero-order valence-corrected chi connectivity index (χ0v) is 10.3. The van der Waals surface area contributed by atoms with Crippen LogP contribution in [0.15, 0.2) is 4.99 Å². The Morgan fingerprint density at radius 2 is 1.87 bits per heavy atom. The second-order valence-electron chi connectivity index (χ2n) is 5.50. The van der Waals surface area contributed by atoms with Gasteiger partial charge in [-0.05, 0) is 49.9 Å². The molecule has 0 spiro atoms. The highest BCUT2D eigenvalue weighted by molar-refractivity contribution is 5.87. The highest BCUT2D eigenvalue weighted by Crippen LogP contribution is 2.37. The van der Waals surface area contributed by atoms with Gasteiger partial charge in [-0.3, -0.25) is 4.99 Å². The smallest absolute Gasteiger partial charge is 0.0389 e. The first kappa shape index (κ1) is 11.2. The van der Waals surface area contributed by atoms with E-state index in [0.717, 1.165) is 24.3 Å². The Bertz CT molecular complexity index is 223. The average molecular weight is 207 g/mol. The van der Waals surface area contributed by atoms with Gasteiger partial charge in [0.2, 0.25) is 0 Å². The van der Waals surface area contributed by atoms with Crippen molar-refractivity contribution >= 4 is 5.71 Å². The molecule has 1 heteroatoms. The van der Waals surface area contributed by atoms with Crippen LogP contribution in [-0.2, 0) is 0 Å². The van der Waals surface area contributed by atoms with Crippen molar-refractivity contribution in [3.05, 3.63) is 0 Å². The predicted octanol–water partition coefficient (Wildman–Crippen LogP) is 4.07. The average Bonchev–Trinajstić information content (AvgIpc) is 2.30. The van der Waals surface area contributed by atoms with Crippen molar-refractivity contribution in [1.82, 2.24) is 0 Å². The highest BCUT2D eigenvalue weighted by Gasteiger charge is 2.29. The van der Waals surface area contributed by atoms with E-state index < -0.39 is 0 Å². The molecule has 0 aromatic heterocycles. The van der Waals surface area contributed by atoms with Crippen LogP contribution in [0.1, 0.15) is 58.8 Å². The Morgan fingerprint density at radius 1 is 1.13 bits per heavy atom. The maximum absolute atomic E-state index is 4.74. The van der Waals surface area contributed by atoms with Crippen LogP contribution in [0.4, 0.5) is 0 Å². The molecule has 1 nitrogen and oxygen atoms in total. The SMILES string of the molecule is CCC1=NCCCC1C1CCC(C)CC1. The topological polar surface area (TPSA) is 12.4 Å². The molecule has 1 aliphatic carbocycles. The van der Waals surface area contributed by atoms with E-state index in [4.69, 9.17) is 4.99 Å². The number of hydrogen-bond acceptors (Lipinski definition) is 1. The lowest BCUT2D eigenvalue weighted by molar-refractivity contribution is 0.236. The largest absolute Gasteiger partial charge is 0.294 e. The lowest BCUT2D eigenvalue weighted by Crippen LogP contribution is -2.29. The van der Waals surface area contributed by atoms with Crippen molar-refractivity contribution < 1.29 is 0 Å². The number of hydrogen-bond donors (Lipinski definition) is 0. The molecule has 1 unspecified atom stereocenters. The van der Waals surface area contributed by atoms with Gasteiger partial charge in [0.25, 0.3) is 0 Å². The lowest BCUT2D eigenvalue weighted by Gasteiger charge is -2.35. The fourth-order valence-electron chi connectivity index (χ4n) is 3.39. The molecule has 0 aromatic rings. The first-order chi connectivity index (χ1) is 7.31. The Kier molecular flexibility index (Phi) is 3.82. The van der Waals surface area contributed by atoms with Crippen molar-refractivity contribution in [1.29, 1.82) is 0 Å². The Hall–Kier alpha value is -0.330. The number of aliphatic imine (C=N–C) groups is 1. The zero-order valence-electron chi connectivity index (χ0n) is 10.3. The van der Waals surface area contributed by atoms with E-state index in [9.17, 15) is 0 Å². The minimum absolute atomic E-state index is 0.858. The van der Waals surface area contributed by atoms with Gasteiger partial charge in [-0.15, -0.1) is 0 Å². The molecule has 2 aliphatic rings. The van der Waals surface area contributed by atoms with E-state index in [2.05, 4.69) is 13.8 Å². The second kappa shape index (κ2) is 5.14. The summed E-state index contributed by atoms with van der Waals surface area (Å²) in [7, 11) is 0. The van der Waals surface area contributed by atoms with Gasteiger partial charge in [-0.2, -0.15) is 0 Å². The molecule has 2 rings (SSSR count). The van der Waals surface area contributed by atoms with Crippen LogP contribution in [-0.4, -0.2) is 12.3 Å². The van der Waals surface area contributed by atoms with Gasteiger partial charge in [-0.25, -0.2) is 0 Å². The molecule has 1 heterocycles. The lowest BCUT2D eigenvalue weighted by atomic mass is 9.72. The molecule has 0 amide bonds. The third-order valence-electron chi connectivity index (χ3n) is 4.41. The van der Waals surface area contributed by atoms with Crippen LogP contribution in [0, 0.1) is 17.8 Å². The summed E-state index contributed by atoms with van der Waals surface area (Å²) in [5.74, 6) is 2.81. The monoisotopic (exact) mass is 207 g/mol. The van der Waals surface area contributed by atoms with Gasteiger partial charge in [0, 0.05) is 12.3 Å². The summed E-state index contributed by atoms with van der Waals surface area (Å²) >= 11 is 0. The molecule has 0 bridgehead atoms. The first-order valence-corrected chi connectivity index (χ1v) is 6.84. The first-order valence-electron chi connectivity index (χ1n) is 6.84. The summed E-state index contributed by atoms with van der Waals surface area (Å²) in [6, 6.07) is 0. The van der Waals surface area contributed by atoms with Crippen LogP contribution in [0.3, 0.4) is 0 Å². The van der Waals surface area contributed by atoms with Crippen LogP contribution in [0.5, 0.6) is 0 Å². The minimum atomic E-state index is 0.858. The van der Waals surface area contributed by atoms with Crippen LogP contribution < -0.4 is 0 Å². The van der Waals surface area contributed by atoms with Crippen LogP contribution in [0.2, 0.25) is 0 Å². The summed E-state index contributed by atoms with van der Waals surface area (Å²) < 4.78 is 0. The molecule has 0 saturated heterocycles. The standard InChI is InChI=1S/C14H25N/c1-3-14-13(5-4-10-15-14)12-8-6-11(2)7-9-12/h11-13H,3-10H2,1-2H3. The molecule has 0 N–H and O–H groups in total. The van der Waals surface area contributed by atoms with Crippen molar-refractivity contribution in [3.8, 4) is 0 Å². The Labute approximate surface area is 94.4 Å². The Balaban J connectivity index is 1.97. The van der Waals surface area contributed by atoms with Gasteiger partial charge < -0.3 is 0 Å². The summed E-state index contributed by atoms with van der Waals surface area (Å²) in [5, 5.41) is 0. The van der Waals surface area contributed by atoms with E-state index >= 15 is 0 Å². The van der Waals surface area contributed by atoms with E-state index in [1.165, 1.54) is 44.9 Å². The summed E-state index contributed by atoms with van der Waals surface area (Å²) in [5.41, 5.74) is 1.54. The Morgan fingerprint density at radius 3 is 2.53 bits per heavy atom. The zero-order chi connectivity index (χ0) is 10.7. The van der Waals surface area contributed by atoms with Crippen molar-refractivity contribution in [2.45, 2.75) is 58.8 Å². The maximum Gasteiger partial charge on any atom is 0.0389 e. The van der Waals surface area contributed by atoms with E-state index in [1.54, 1.807) is 5.71 Å². The molecule has 0 aromatic carbocycles. The quantitative estimate of drug-likeness (QED) is 0.647. The van der Waals surface area contributed by atoms with Gasteiger partial charge in [-0.1, -0.05) is 26.7 Å². The van der Waals surface area contributed by atoms with Crippen molar-refractivity contribution in [2.75, 3.05) is 6.54 Å². The third kappa shape index (κ3) is 2.62. The molecule has 1 fully saturated rings. The van der Waals surface area contributed by atoms with E-state index in [0.29, 0.717) is 0 Å². The normalized spacial score (nSPS) is 37.5. The van der Waals surface area contributed by atoms with Gasteiger partial charge in [0.1, 0.15) is 0 Å². The summed E-state index contributed by atoms with van der Waals surface area (Å²) in [6.45, 7) is 5.79. The van der Waals surface area contributed by atoms with Crippen LogP contribution >= 0.6 is 0 Å². The molecule has 86 valence electrons. The van der Waals surface area contributed by atoms with Gasteiger partial charge in [0.05, 0.1) is 0 Å². The number of nitrogens with zero attached hydrogens (tertiary/aromatic N) is 1. The minimum Gasteiger partial charge on any atom is -0.294 e. The molecule has 0 radical (unpaired) electrons. The van der Waals surface area contributed by atoms with Crippen LogP contribution in [0.25, 0.3) is 0 Å². The second-order valence-corrected chi connectivity index (χ2v) is 5.50. The van der Waals surface area contributed by atoms with Gasteiger partial charge in [0.15, 0.2) is 0 Å². The maximum atomic E-state index is 4.74. The number of rotatable bonds is 2. The molecule has 15 heavy (non-hydrogen) atoms. The fourth-order valence-corrected chi connectivity index (χ4v) is 3.39. The predicted molar refractivity (Wildman–Crippen MR) is 66.4 cm³/mol. The summed E-state index contributed by atoms with van der Waals surface area (Å²) in [6.07, 6.45) is 9.79. The van der Waals surface area contributed by atoms with E-state index in [1.807, 2.05) is 0 Å². The highest BCUT2D eigenvalue weighted by atomic mass is 14.8. The molecule has 1 saturated carbocycles. The molecular weight excluding hydrogens is 182 g/mol. The third-order valence-corrected chi connectivity index (χ3v) is 4.41. The molecule has 1 aliphatic heterocycles. The summed E-state index contributed by atoms with van der Waals surface area (Å²) in [4.78, 5) is 4.74. The fraction of sp³-hybridized carbons (Fsp3) is 0.929. The molecule has 1 atom stereocenters. The van der Waals surface area contributed by atoms with Crippen molar-refractivity contribution in [3.63, 3.8) is 0 Å². The van der Waals surface area contributed by atoms with Crippen molar-refractivity contribution in [2.24, 2.45) is 22.7 Å².